The van der Waals surface area contributed by atoms with E-state index in [2.05, 4.69) is 25.6 Å². The predicted octanol–water partition coefficient (Wildman–Crippen LogP) is 2.44. The van der Waals surface area contributed by atoms with E-state index >= 15 is 4.39 Å². The van der Waals surface area contributed by atoms with E-state index in [1.54, 1.807) is 20.9 Å². The van der Waals surface area contributed by atoms with E-state index in [9.17, 15) is 15.0 Å². The smallest absolute Gasteiger partial charge is 0.233 e. The molecule has 3 rings (SSSR count). The molecule has 35 heavy (non-hydrogen) atoms. The molecule has 1 saturated heterocycles. The number of hydrogen-bond acceptors (Lipinski definition) is 9. The van der Waals surface area contributed by atoms with Crippen molar-refractivity contribution in [2.24, 2.45) is 5.92 Å². The minimum absolute atomic E-state index is 0.0281. The summed E-state index contributed by atoms with van der Waals surface area (Å²) in [6, 6.07) is 0. The number of imidazole rings is 1. The molecule has 0 spiro atoms. The minimum Gasteiger partial charge on any atom is -0.408 e. The molecule has 3 atom stereocenters. The largest absolute Gasteiger partial charge is 0.408 e. The Morgan fingerprint density at radius 3 is 2.46 bits per heavy atom. The van der Waals surface area contributed by atoms with Gasteiger partial charge in [0, 0.05) is 13.0 Å². The molecule has 0 aliphatic carbocycles. The molecule has 1 aliphatic heterocycles. The van der Waals surface area contributed by atoms with Crippen LogP contribution in [0.25, 0.3) is 11.2 Å². The first kappa shape index (κ1) is 27.4. The molecular formula is C22H37FN6O5Si. The lowest BCUT2D eigenvalue weighted by molar-refractivity contribution is -0.146. The van der Waals surface area contributed by atoms with Crippen LogP contribution in [0.1, 0.15) is 40.8 Å². The second-order valence-corrected chi connectivity index (χ2v) is 15.5. The van der Waals surface area contributed by atoms with Gasteiger partial charge in [-0.05, 0) is 18.1 Å². The quantitative estimate of drug-likeness (QED) is 0.392. The number of amides is 1. The van der Waals surface area contributed by atoms with Gasteiger partial charge in [-0.15, -0.1) is 0 Å². The first-order valence-electron chi connectivity index (χ1n) is 11.7. The summed E-state index contributed by atoms with van der Waals surface area (Å²) in [5.41, 5.74) is -1.10. The molecule has 13 heteroatoms. The molecule has 2 aromatic rings. The summed E-state index contributed by atoms with van der Waals surface area (Å²) < 4.78 is 29.8. The molecule has 4 N–H and O–H groups in total. The molecule has 3 heterocycles. The number of anilines is 2. The van der Waals surface area contributed by atoms with Gasteiger partial charge in [0.25, 0.3) is 0 Å². The monoisotopic (exact) mass is 512 g/mol. The Morgan fingerprint density at radius 2 is 1.94 bits per heavy atom. The van der Waals surface area contributed by atoms with Crippen LogP contribution in [0.3, 0.4) is 0 Å². The van der Waals surface area contributed by atoms with Gasteiger partial charge < -0.3 is 24.7 Å². The highest BCUT2D eigenvalue weighted by Gasteiger charge is 2.59. The van der Waals surface area contributed by atoms with Gasteiger partial charge in [-0.3, -0.25) is 14.7 Å². The maximum Gasteiger partial charge on any atom is 0.233 e. The number of fused-ring (bicyclic) bond motifs is 1. The average Bonchev–Trinajstić information content (AvgIpc) is 3.31. The number of aliphatic hydroxyl groups is 2. The van der Waals surface area contributed by atoms with E-state index in [1.807, 2.05) is 33.9 Å². The Labute approximate surface area is 205 Å². The van der Waals surface area contributed by atoms with Crippen molar-refractivity contribution in [1.82, 2.24) is 19.5 Å². The Kier molecular flexibility index (Phi) is 7.59. The van der Waals surface area contributed by atoms with Crippen LogP contribution >= 0.6 is 0 Å². The molecule has 1 aliphatic rings. The number of nitrogens with one attached hydrogen (secondary N) is 2. The lowest BCUT2D eigenvalue weighted by atomic mass is 9.98. The highest BCUT2D eigenvalue weighted by atomic mass is 28.4. The second kappa shape index (κ2) is 9.69. The molecule has 1 amide bonds. The van der Waals surface area contributed by atoms with Gasteiger partial charge in [0.2, 0.25) is 11.9 Å². The predicted molar refractivity (Wildman–Crippen MR) is 132 cm³/mol. The molecule has 11 nitrogen and oxygen atoms in total. The highest BCUT2D eigenvalue weighted by molar-refractivity contribution is 6.74. The van der Waals surface area contributed by atoms with E-state index in [1.165, 1.54) is 10.9 Å². The van der Waals surface area contributed by atoms with Crippen LogP contribution in [0.15, 0.2) is 6.33 Å². The Balaban J connectivity index is 2.07. The van der Waals surface area contributed by atoms with Gasteiger partial charge in [-0.1, -0.05) is 34.6 Å². The van der Waals surface area contributed by atoms with Crippen molar-refractivity contribution in [3.63, 3.8) is 0 Å². The van der Waals surface area contributed by atoms with Crippen LogP contribution in [-0.2, 0) is 14.0 Å². The van der Waals surface area contributed by atoms with Gasteiger partial charge in [0.15, 0.2) is 37.7 Å². The van der Waals surface area contributed by atoms with Crippen molar-refractivity contribution >= 4 is 37.2 Å². The molecule has 0 radical (unpaired) electrons. The molecule has 0 saturated carbocycles. The fraction of sp³-hybridized carbons (Fsp3) is 0.727. The van der Waals surface area contributed by atoms with E-state index in [4.69, 9.17) is 9.16 Å². The summed E-state index contributed by atoms with van der Waals surface area (Å²) in [6.07, 6.45) is -2.89. The fourth-order valence-electron chi connectivity index (χ4n) is 3.58. The number of alkyl halides is 1. The van der Waals surface area contributed by atoms with Crippen LogP contribution in [-0.4, -0.2) is 82.1 Å². The molecule has 0 bridgehead atoms. The molecule has 0 aromatic carbocycles. The first-order chi connectivity index (χ1) is 16.2. The number of aromatic nitrogens is 4. The van der Waals surface area contributed by atoms with Crippen LogP contribution in [0.2, 0.25) is 18.1 Å². The third-order valence-electron chi connectivity index (χ3n) is 6.89. The SMILES string of the molecule is CNc1nc(NC(=O)C(C)C)nc2c1ncn2[C@@H]1OC(CO)(CO)[C@@H](O[Si](C)(C)C(C)(C)C)[C@@H]1F. The maximum absolute atomic E-state index is 16.1. The highest BCUT2D eigenvalue weighted by Crippen LogP contribution is 2.46. The van der Waals surface area contributed by atoms with E-state index in [0.29, 0.717) is 11.3 Å². The van der Waals surface area contributed by atoms with E-state index < -0.39 is 45.6 Å². The number of hydrogen-bond donors (Lipinski definition) is 4. The topological polar surface area (TPSA) is 144 Å². The first-order valence-corrected chi connectivity index (χ1v) is 14.6. The Bertz CT molecular complexity index is 1070. The van der Waals surface area contributed by atoms with Gasteiger partial charge in [-0.25, -0.2) is 9.37 Å². The summed E-state index contributed by atoms with van der Waals surface area (Å²) in [4.78, 5) is 25.2. The van der Waals surface area contributed by atoms with Gasteiger partial charge >= 0.3 is 0 Å². The van der Waals surface area contributed by atoms with Crippen molar-refractivity contribution < 1.29 is 28.6 Å². The van der Waals surface area contributed by atoms with Gasteiger partial charge in [-0.2, -0.15) is 9.97 Å². The van der Waals surface area contributed by atoms with Crippen molar-refractivity contribution in [1.29, 1.82) is 0 Å². The van der Waals surface area contributed by atoms with Crippen LogP contribution in [0.5, 0.6) is 0 Å². The molecule has 196 valence electrons. The molecule has 2 aromatic heterocycles. The summed E-state index contributed by atoms with van der Waals surface area (Å²) in [6.45, 7) is 12.2. The van der Waals surface area contributed by atoms with Gasteiger partial charge in [0.05, 0.1) is 19.5 Å². The number of ether oxygens (including phenoxy) is 1. The zero-order valence-corrected chi connectivity index (χ0v) is 22.6. The Morgan fingerprint density at radius 1 is 1.31 bits per heavy atom. The van der Waals surface area contributed by atoms with Crippen molar-refractivity contribution in [3.05, 3.63) is 6.33 Å². The van der Waals surface area contributed by atoms with Crippen LogP contribution in [0.4, 0.5) is 16.2 Å². The average molecular weight is 513 g/mol. The van der Waals surface area contributed by atoms with E-state index in [-0.39, 0.29) is 28.5 Å². The number of carbonyl (C=O) groups is 1. The normalized spacial score (nSPS) is 22.7. The maximum atomic E-state index is 16.1. The Hall–Kier alpha value is -2.19. The standard InChI is InChI=1S/C22H37FN6O5Si/c1-12(2)18(32)28-20-26-16(24-6)14-17(27-20)29(11-25-14)19-13(23)15(22(9-30,10-31)33-19)34-35(7,8)21(3,4)5/h11-13,15,19,30-31H,9-10H2,1-8H3,(H2,24,26,27,28,32)/t13-,15-,19+/m0/s1. The number of carbonyl (C=O) groups excluding carboxylic acids is 1. The second-order valence-electron chi connectivity index (χ2n) is 10.7. The van der Waals surface area contributed by atoms with Crippen molar-refractivity contribution in [2.75, 3.05) is 30.9 Å². The number of rotatable bonds is 8. The molecular weight excluding hydrogens is 475 g/mol. The zero-order chi connectivity index (χ0) is 26.3. The molecule has 1 fully saturated rings. The lowest BCUT2D eigenvalue weighted by Crippen LogP contribution is -2.56. The third kappa shape index (κ3) is 4.92. The summed E-state index contributed by atoms with van der Waals surface area (Å²) in [7, 11) is -0.861. The minimum atomic E-state index is -2.50. The molecule has 0 unspecified atom stereocenters. The lowest BCUT2D eigenvalue weighted by Gasteiger charge is -2.42. The summed E-state index contributed by atoms with van der Waals surface area (Å²) in [5, 5.41) is 25.7. The number of nitrogens with zero attached hydrogens (tertiary/aromatic N) is 4. The third-order valence-corrected chi connectivity index (χ3v) is 11.3. The van der Waals surface area contributed by atoms with Gasteiger partial charge in [0.1, 0.15) is 11.7 Å². The van der Waals surface area contributed by atoms with E-state index in [0.717, 1.165) is 0 Å². The number of halogens is 1. The fourth-order valence-corrected chi connectivity index (χ4v) is 4.91. The summed E-state index contributed by atoms with van der Waals surface area (Å²) in [5.74, 6) is -0.208. The summed E-state index contributed by atoms with van der Waals surface area (Å²) >= 11 is 0. The van der Waals surface area contributed by atoms with Crippen LogP contribution in [0, 0.1) is 5.92 Å². The number of aliphatic hydroxyl groups excluding tert-OH is 2. The zero-order valence-electron chi connectivity index (χ0n) is 21.6. The van der Waals surface area contributed by atoms with Crippen molar-refractivity contribution in [2.45, 2.75) is 76.9 Å². The van der Waals surface area contributed by atoms with Crippen LogP contribution < -0.4 is 10.6 Å². The van der Waals surface area contributed by atoms with Crippen molar-refractivity contribution in [3.8, 4) is 0 Å².